The van der Waals surface area contributed by atoms with Gasteiger partial charge in [0.2, 0.25) is 0 Å². The smallest absolute Gasteiger partial charge is 0.278 e. The first kappa shape index (κ1) is 22.3. The van der Waals surface area contributed by atoms with Crippen molar-refractivity contribution in [1.82, 2.24) is 14.8 Å². The van der Waals surface area contributed by atoms with Crippen LogP contribution < -0.4 is 10.9 Å². The Balaban J connectivity index is 1.63. The number of hydrogen-bond acceptors (Lipinski definition) is 7. The molecule has 33 heavy (non-hydrogen) atoms. The first-order valence-electron chi connectivity index (χ1n) is 10.5. The minimum absolute atomic E-state index is 0.0351. The summed E-state index contributed by atoms with van der Waals surface area (Å²) in [5, 5.41) is 21.1. The van der Waals surface area contributed by atoms with Crippen molar-refractivity contribution in [2.45, 2.75) is 32.7 Å². The fourth-order valence-electron chi connectivity index (χ4n) is 3.46. The van der Waals surface area contributed by atoms with Crippen molar-refractivity contribution in [2.24, 2.45) is 0 Å². The highest BCUT2D eigenvalue weighted by Crippen LogP contribution is 2.28. The van der Waals surface area contributed by atoms with Gasteiger partial charge in [0, 0.05) is 35.0 Å². The number of hydrogen-bond donors (Lipinski definition) is 1. The van der Waals surface area contributed by atoms with Crippen LogP contribution in [0.3, 0.4) is 0 Å². The van der Waals surface area contributed by atoms with E-state index in [2.05, 4.69) is 22.3 Å². The van der Waals surface area contributed by atoms with E-state index in [0.717, 1.165) is 19.3 Å². The average molecular weight is 464 g/mol. The van der Waals surface area contributed by atoms with E-state index in [0.29, 0.717) is 33.7 Å². The fraction of sp³-hybridized carbons (Fsp3) is 0.217. The maximum Gasteiger partial charge on any atom is 0.278 e. The van der Waals surface area contributed by atoms with E-state index < -0.39 is 10.8 Å². The molecule has 0 bridgehead atoms. The summed E-state index contributed by atoms with van der Waals surface area (Å²) in [6, 6.07) is 13.0. The molecule has 0 saturated heterocycles. The molecule has 2 aromatic heterocycles. The summed E-state index contributed by atoms with van der Waals surface area (Å²) in [6.45, 7) is 2.51. The Morgan fingerprint density at radius 2 is 1.94 bits per heavy atom. The molecule has 4 rings (SSSR count). The van der Waals surface area contributed by atoms with Crippen molar-refractivity contribution >= 4 is 38.8 Å². The van der Waals surface area contributed by atoms with Crippen molar-refractivity contribution in [3.63, 3.8) is 0 Å². The molecule has 0 radical (unpaired) electrons. The Labute approximate surface area is 192 Å². The van der Waals surface area contributed by atoms with Crippen molar-refractivity contribution in [1.29, 1.82) is 0 Å². The van der Waals surface area contributed by atoms with Gasteiger partial charge < -0.3 is 0 Å². The molecule has 0 aliphatic heterocycles. The second-order valence-electron chi connectivity index (χ2n) is 7.43. The molecule has 0 atom stereocenters. The third-order valence-electron chi connectivity index (χ3n) is 5.13. The van der Waals surface area contributed by atoms with E-state index in [-0.39, 0.29) is 16.9 Å². The van der Waals surface area contributed by atoms with E-state index in [1.807, 2.05) is 0 Å². The molecule has 2 heterocycles. The number of thiazole rings is 1. The van der Waals surface area contributed by atoms with Crippen LogP contribution in [0.1, 0.15) is 36.7 Å². The van der Waals surface area contributed by atoms with Crippen molar-refractivity contribution < 1.29 is 9.72 Å². The zero-order valence-corrected chi connectivity index (χ0v) is 18.7. The van der Waals surface area contributed by atoms with Gasteiger partial charge in [0.1, 0.15) is 0 Å². The first-order valence-corrected chi connectivity index (χ1v) is 11.4. The minimum atomic E-state index is -0.476. The van der Waals surface area contributed by atoms with Gasteiger partial charge in [0.15, 0.2) is 10.8 Å². The molecule has 0 aliphatic carbocycles. The predicted octanol–water partition coefficient (Wildman–Crippen LogP) is 4.87. The number of carbonyl (C=O) groups is 1. The van der Waals surface area contributed by atoms with E-state index in [9.17, 15) is 19.7 Å². The van der Waals surface area contributed by atoms with Gasteiger partial charge in [-0.15, -0.1) is 11.3 Å². The number of amides is 1. The van der Waals surface area contributed by atoms with Gasteiger partial charge in [-0.2, -0.15) is 5.10 Å². The summed E-state index contributed by atoms with van der Waals surface area (Å²) in [7, 11) is 0. The lowest BCUT2D eigenvalue weighted by Gasteiger charge is -2.10. The molecule has 0 unspecified atom stereocenters. The molecule has 0 aliphatic rings. The number of nitrogens with one attached hydrogen (secondary N) is 1. The van der Waals surface area contributed by atoms with Crippen LogP contribution in [-0.2, 0) is 6.54 Å². The van der Waals surface area contributed by atoms with Crippen LogP contribution in [0.15, 0.2) is 58.7 Å². The van der Waals surface area contributed by atoms with Crippen LogP contribution in [0.4, 0.5) is 10.8 Å². The van der Waals surface area contributed by atoms with E-state index in [1.165, 1.54) is 28.2 Å². The molecular weight excluding hydrogens is 442 g/mol. The quantitative estimate of drug-likeness (QED) is 0.226. The highest BCUT2D eigenvalue weighted by atomic mass is 32.1. The van der Waals surface area contributed by atoms with Gasteiger partial charge in [-0.25, -0.2) is 9.67 Å². The number of rotatable bonds is 8. The molecule has 9 nitrogen and oxygen atoms in total. The Morgan fingerprint density at radius 1 is 1.15 bits per heavy atom. The lowest BCUT2D eigenvalue weighted by molar-refractivity contribution is -0.384. The van der Waals surface area contributed by atoms with Crippen molar-refractivity contribution in [2.75, 3.05) is 5.32 Å². The fourth-order valence-corrected chi connectivity index (χ4v) is 4.18. The zero-order valence-electron chi connectivity index (χ0n) is 17.9. The van der Waals surface area contributed by atoms with Gasteiger partial charge in [0.25, 0.3) is 17.2 Å². The van der Waals surface area contributed by atoms with Gasteiger partial charge in [-0.3, -0.25) is 25.0 Å². The topological polar surface area (TPSA) is 120 Å². The predicted molar refractivity (Wildman–Crippen MR) is 128 cm³/mol. The van der Waals surface area contributed by atoms with Crippen molar-refractivity contribution in [3.05, 3.63) is 80.1 Å². The number of aryl methyl sites for hydroxylation is 1. The molecule has 0 saturated carbocycles. The maximum absolute atomic E-state index is 13.1. The van der Waals surface area contributed by atoms with Gasteiger partial charge in [-0.05, 0) is 12.5 Å². The van der Waals surface area contributed by atoms with Gasteiger partial charge >= 0.3 is 0 Å². The number of non-ortho nitro benzene ring substituents is 1. The van der Waals surface area contributed by atoms with Crippen LogP contribution in [0, 0.1) is 10.1 Å². The number of aromatic nitrogens is 3. The van der Waals surface area contributed by atoms with Crippen LogP contribution in [0.5, 0.6) is 0 Å². The van der Waals surface area contributed by atoms with E-state index in [1.54, 1.807) is 41.8 Å². The third-order valence-corrected chi connectivity index (χ3v) is 5.89. The monoisotopic (exact) mass is 463 g/mol. The number of benzene rings is 2. The Hall–Kier alpha value is -3.92. The Bertz CT molecular complexity index is 1400. The summed E-state index contributed by atoms with van der Waals surface area (Å²) in [6.07, 6.45) is 2.76. The number of nitrogens with zero attached hydrogens (tertiary/aromatic N) is 4. The number of nitro benzene ring substituents is 1. The number of carbonyl (C=O) groups excluding carboxylic acids is 1. The molecule has 10 heteroatoms. The summed E-state index contributed by atoms with van der Waals surface area (Å²) in [5.74, 6) is -0.476. The molecular formula is C23H21N5O4S. The van der Waals surface area contributed by atoms with E-state index >= 15 is 0 Å². The van der Waals surface area contributed by atoms with Crippen LogP contribution >= 0.6 is 11.3 Å². The molecule has 2 aromatic carbocycles. The lowest BCUT2D eigenvalue weighted by atomic mass is 10.1. The van der Waals surface area contributed by atoms with Gasteiger partial charge in [-0.1, -0.05) is 50.1 Å². The second-order valence-corrected chi connectivity index (χ2v) is 8.29. The largest absolute Gasteiger partial charge is 0.296 e. The van der Waals surface area contributed by atoms with E-state index in [4.69, 9.17) is 0 Å². The lowest BCUT2D eigenvalue weighted by Crippen LogP contribution is -2.27. The first-order chi connectivity index (χ1) is 16.0. The second kappa shape index (κ2) is 9.70. The third kappa shape index (κ3) is 4.80. The van der Waals surface area contributed by atoms with Crippen LogP contribution in [0.2, 0.25) is 0 Å². The minimum Gasteiger partial charge on any atom is -0.296 e. The molecule has 1 amide bonds. The average Bonchev–Trinajstić information content (AvgIpc) is 3.29. The number of fused-ring (bicyclic) bond motifs is 1. The standard InChI is InChI=1S/C23H21N5O4S/c1-2-3-6-12-27-22(30)18-11-5-4-10-17(18)20(26-27)21(29)25-23-24-19(14-33-23)15-8-7-9-16(13-15)28(31)32/h4-5,7-11,13-14H,2-3,6,12H2,1H3,(H,24,25,29). The number of anilines is 1. The highest BCUT2D eigenvalue weighted by Gasteiger charge is 2.18. The molecule has 168 valence electrons. The SMILES string of the molecule is CCCCCn1nc(C(=O)Nc2nc(-c3cccc([N+](=O)[O-])c3)cs2)c2ccccc2c1=O. The highest BCUT2D eigenvalue weighted by molar-refractivity contribution is 7.14. The van der Waals surface area contributed by atoms with Crippen LogP contribution in [0.25, 0.3) is 22.0 Å². The Kier molecular flexibility index (Phi) is 6.55. The summed E-state index contributed by atoms with van der Waals surface area (Å²) in [4.78, 5) is 40.9. The molecule has 4 aromatic rings. The van der Waals surface area contributed by atoms with Crippen LogP contribution in [-0.4, -0.2) is 25.6 Å². The molecule has 0 fully saturated rings. The summed E-state index contributed by atoms with van der Waals surface area (Å²) < 4.78 is 1.35. The molecule has 0 spiro atoms. The number of unbranched alkanes of at least 4 members (excludes halogenated alkanes) is 2. The van der Waals surface area contributed by atoms with Crippen molar-refractivity contribution in [3.8, 4) is 11.3 Å². The van der Waals surface area contributed by atoms with Gasteiger partial charge in [0.05, 0.1) is 16.0 Å². The summed E-state index contributed by atoms with van der Waals surface area (Å²) in [5.41, 5.74) is 0.983. The maximum atomic E-state index is 13.1. The normalized spacial score (nSPS) is 10.9. The molecule has 1 N–H and O–H groups in total. The number of nitro groups is 1. The summed E-state index contributed by atoms with van der Waals surface area (Å²) >= 11 is 1.20. The Morgan fingerprint density at radius 3 is 2.70 bits per heavy atom. The zero-order chi connectivity index (χ0) is 23.4.